The van der Waals surface area contributed by atoms with Crippen LogP contribution < -0.4 is 0 Å². The van der Waals surface area contributed by atoms with Crippen molar-refractivity contribution in [2.45, 2.75) is 12.3 Å². The van der Waals surface area contributed by atoms with E-state index in [0.29, 0.717) is 0 Å². The van der Waals surface area contributed by atoms with Gasteiger partial charge in [-0.05, 0) is 22.0 Å². The lowest BCUT2D eigenvalue weighted by molar-refractivity contribution is -0.148. The second kappa shape index (κ2) is 4.23. The molecule has 2 aromatic rings. The molecule has 2 aromatic heterocycles. The molecule has 0 aliphatic carbocycles. The summed E-state index contributed by atoms with van der Waals surface area (Å²) < 4.78 is 50.7. The van der Waals surface area contributed by atoms with Crippen LogP contribution in [0.4, 0.5) is 17.6 Å². The number of hydrogen-bond donors (Lipinski definition) is 1. The zero-order chi connectivity index (χ0) is 13.7. The molecule has 0 aromatic carbocycles. The van der Waals surface area contributed by atoms with Gasteiger partial charge in [0.1, 0.15) is 10.7 Å². The molecule has 1 N–H and O–H groups in total. The van der Waals surface area contributed by atoms with Crippen LogP contribution in [0.15, 0.2) is 10.5 Å². The van der Waals surface area contributed by atoms with Crippen molar-refractivity contribution in [3.05, 3.63) is 21.5 Å². The van der Waals surface area contributed by atoms with Crippen molar-refractivity contribution in [1.82, 2.24) is 14.7 Å². The van der Waals surface area contributed by atoms with E-state index in [1.165, 1.54) is 0 Å². The summed E-state index contributed by atoms with van der Waals surface area (Å²) in [6.07, 6.45) is -4.00. The van der Waals surface area contributed by atoms with E-state index in [1.807, 2.05) is 0 Å². The molecule has 4 nitrogen and oxygen atoms in total. The average molecular weight is 348 g/mol. The molecule has 0 saturated heterocycles. The number of aromatic nitrogens is 3. The first-order chi connectivity index (χ1) is 8.25. The highest BCUT2D eigenvalue weighted by Gasteiger charge is 2.48. The van der Waals surface area contributed by atoms with Crippen molar-refractivity contribution < 1.29 is 22.8 Å². The van der Waals surface area contributed by atoms with Gasteiger partial charge in [-0.15, -0.1) is 0 Å². The van der Waals surface area contributed by atoms with Crippen LogP contribution in [0.3, 0.4) is 0 Å². The van der Waals surface area contributed by atoms with Crippen LogP contribution in [0.1, 0.15) is 5.82 Å². The molecular weight excluding hydrogens is 345 g/mol. The van der Waals surface area contributed by atoms with Gasteiger partial charge in [-0.1, -0.05) is 11.6 Å². The standard InChI is InChI=1S/C8H3BrClF4N3O/c9-2-1-3-5(15-4(2)10)16-7(17(3)18)8(13,14)6(11)12/h1,6,18H. The predicted octanol–water partition coefficient (Wildman–Crippen LogP) is 3.44. The van der Waals surface area contributed by atoms with E-state index >= 15 is 0 Å². The number of hydrogen-bond acceptors (Lipinski definition) is 3. The molecule has 0 atom stereocenters. The Bertz CT molecular complexity index is 618. The minimum Gasteiger partial charge on any atom is -0.426 e. The molecule has 0 spiro atoms. The molecule has 0 aliphatic rings. The van der Waals surface area contributed by atoms with Gasteiger partial charge in [-0.25, -0.2) is 18.7 Å². The number of imidazole rings is 1. The van der Waals surface area contributed by atoms with Crippen molar-refractivity contribution in [3.8, 4) is 0 Å². The van der Waals surface area contributed by atoms with Crippen LogP contribution >= 0.6 is 27.5 Å². The van der Waals surface area contributed by atoms with E-state index in [-0.39, 0.29) is 25.5 Å². The highest BCUT2D eigenvalue weighted by atomic mass is 79.9. The summed E-state index contributed by atoms with van der Waals surface area (Å²) in [4.78, 5) is 6.75. The Hall–Kier alpha value is -1.09. The third kappa shape index (κ3) is 1.91. The number of nitrogens with zero attached hydrogens (tertiary/aromatic N) is 3. The molecule has 0 fully saturated rings. The monoisotopic (exact) mass is 347 g/mol. The van der Waals surface area contributed by atoms with Gasteiger partial charge in [0.05, 0.1) is 4.47 Å². The van der Waals surface area contributed by atoms with Crippen LogP contribution in [-0.4, -0.2) is 26.3 Å². The second-order valence-electron chi connectivity index (χ2n) is 3.27. The molecule has 10 heteroatoms. The zero-order valence-corrected chi connectivity index (χ0v) is 10.6. The molecule has 18 heavy (non-hydrogen) atoms. The fraction of sp³-hybridized carbons (Fsp3) is 0.250. The largest absolute Gasteiger partial charge is 0.426 e. The summed E-state index contributed by atoms with van der Waals surface area (Å²) in [5, 5.41) is 9.34. The molecule has 0 bridgehead atoms. The van der Waals surface area contributed by atoms with Gasteiger partial charge >= 0.3 is 12.3 Å². The maximum Gasteiger partial charge on any atom is 0.367 e. The van der Waals surface area contributed by atoms with Crippen LogP contribution in [0.25, 0.3) is 11.2 Å². The Morgan fingerprint density at radius 3 is 2.56 bits per heavy atom. The normalized spacial score (nSPS) is 12.6. The highest BCUT2D eigenvalue weighted by Crippen LogP contribution is 2.35. The molecule has 2 rings (SSSR count). The molecule has 98 valence electrons. The minimum absolute atomic E-state index is 0.0903. The van der Waals surface area contributed by atoms with Crippen LogP contribution in [0.5, 0.6) is 0 Å². The molecule has 0 amide bonds. The third-order valence-electron chi connectivity index (χ3n) is 2.11. The Balaban J connectivity index is 2.72. The van der Waals surface area contributed by atoms with Gasteiger partial charge in [-0.3, -0.25) is 0 Å². The average Bonchev–Trinajstić information content (AvgIpc) is 2.58. The van der Waals surface area contributed by atoms with Gasteiger partial charge in [0.25, 0.3) is 0 Å². The van der Waals surface area contributed by atoms with Crippen LogP contribution in [-0.2, 0) is 5.92 Å². The quantitative estimate of drug-likeness (QED) is 0.514. The zero-order valence-electron chi connectivity index (χ0n) is 8.21. The van der Waals surface area contributed by atoms with E-state index in [0.717, 1.165) is 6.07 Å². The first-order valence-electron chi connectivity index (χ1n) is 4.35. The number of pyridine rings is 1. The van der Waals surface area contributed by atoms with Crippen LogP contribution in [0, 0.1) is 0 Å². The van der Waals surface area contributed by atoms with Gasteiger partial charge < -0.3 is 5.21 Å². The van der Waals surface area contributed by atoms with Gasteiger partial charge in [0.15, 0.2) is 5.65 Å². The summed E-state index contributed by atoms with van der Waals surface area (Å²) in [6.45, 7) is 0. The lowest BCUT2D eigenvalue weighted by atomic mass is 10.3. The van der Waals surface area contributed by atoms with Gasteiger partial charge in [0.2, 0.25) is 5.82 Å². The first kappa shape index (κ1) is 13.3. The third-order valence-corrected chi connectivity index (χ3v) is 3.23. The maximum absolute atomic E-state index is 13.1. The van der Waals surface area contributed by atoms with E-state index in [1.54, 1.807) is 0 Å². The molecule has 0 saturated carbocycles. The summed E-state index contributed by atoms with van der Waals surface area (Å²) in [5.74, 6) is -6.08. The summed E-state index contributed by atoms with van der Waals surface area (Å²) in [7, 11) is 0. The Morgan fingerprint density at radius 2 is 2.00 bits per heavy atom. The SMILES string of the molecule is On1c(C(F)(F)C(F)F)nc2nc(Cl)c(Br)cc21. The number of rotatable bonds is 2. The second-order valence-corrected chi connectivity index (χ2v) is 4.49. The first-order valence-corrected chi connectivity index (χ1v) is 5.52. The topological polar surface area (TPSA) is 50.9 Å². The summed E-state index contributed by atoms with van der Waals surface area (Å²) in [6, 6.07) is 1.14. The molecule has 0 unspecified atom stereocenters. The van der Waals surface area contributed by atoms with Crippen molar-refractivity contribution >= 4 is 38.7 Å². The lowest BCUT2D eigenvalue weighted by Crippen LogP contribution is -2.27. The van der Waals surface area contributed by atoms with Crippen molar-refractivity contribution in [3.63, 3.8) is 0 Å². The van der Waals surface area contributed by atoms with Gasteiger partial charge in [0, 0.05) is 0 Å². The number of alkyl halides is 4. The van der Waals surface area contributed by atoms with E-state index in [9.17, 15) is 22.8 Å². The molecule has 0 aliphatic heterocycles. The van der Waals surface area contributed by atoms with Crippen molar-refractivity contribution in [1.29, 1.82) is 0 Å². The predicted molar refractivity (Wildman–Crippen MR) is 57.3 cm³/mol. The smallest absolute Gasteiger partial charge is 0.367 e. The number of fused-ring (bicyclic) bond motifs is 1. The van der Waals surface area contributed by atoms with E-state index in [4.69, 9.17) is 11.6 Å². The summed E-state index contributed by atoms with van der Waals surface area (Å²) >= 11 is 8.56. The molecule has 2 heterocycles. The minimum atomic E-state index is -4.59. The number of halogens is 6. The van der Waals surface area contributed by atoms with Crippen molar-refractivity contribution in [2.24, 2.45) is 0 Å². The van der Waals surface area contributed by atoms with E-state index < -0.39 is 18.2 Å². The van der Waals surface area contributed by atoms with E-state index in [2.05, 4.69) is 25.9 Å². The Morgan fingerprint density at radius 1 is 1.39 bits per heavy atom. The molecule has 0 radical (unpaired) electrons. The highest BCUT2D eigenvalue weighted by molar-refractivity contribution is 9.10. The van der Waals surface area contributed by atoms with Crippen LogP contribution in [0.2, 0.25) is 5.15 Å². The molecular formula is C8H3BrClF4N3O. The lowest BCUT2D eigenvalue weighted by Gasteiger charge is -2.13. The van der Waals surface area contributed by atoms with Gasteiger partial charge in [-0.2, -0.15) is 13.5 Å². The fourth-order valence-corrected chi connectivity index (χ4v) is 1.70. The van der Waals surface area contributed by atoms with Crippen molar-refractivity contribution in [2.75, 3.05) is 0 Å². The Kier molecular flexibility index (Phi) is 3.14. The summed E-state index contributed by atoms with van der Waals surface area (Å²) in [5.41, 5.74) is -0.623. The fourth-order valence-electron chi connectivity index (χ4n) is 1.26. The Labute approximate surface area is 110 Å². The maximum atomic E-state index is 13.1.